The van der Waals surface area contributed by atoms with E-state index in [0.717, 1.165) is 0 Å². The maximum absolute atomic E-state index is 14.0. The molecule has 1 atom stereocenters. The van der Waals surface area contributed by atoms with Crippen LogP contribution in [0.25, 0.3) is 16.6 Å². The molecule has 0 spiro atoms. The molecule has 2 aromatic heterocycles. The van der Waals surface area contributed by atoms with Gasteiger partial charge in [0.15, 0.2) is 11.5 Å². The third-order valence-corrected chi connectivity index (χ3v) is 5.72. The van der Waals surface area contributed by atoms with E-state index in [0.29, 0.717) is 40.2 Å². The summed E-state index contributed by atoms with van der Waals surface area (Å²) < 4.78 is 2.77. The van der Waals surface area contributed by atoms with Gasteiger partial charge in [-0.1, -0.05) is 42.7 Å². The number of carbonyl (C=O) groups is 2. The molecule has 0 bridgehead atoms. The van der Waals surface area contributed by atoms with Crippen LogP contribution in [0.2, 0.25) is 0 Å². The quantitative estimate of drug-likeness (QED) is 0.140. The van der Waals surface area contributed by atoms with Gasteiger partial charge in [-0.25, -0.2) is 14.6 Å². The van der Waals surface area contributed by atoms with E-state index in [9.17, 15) is 14.4 Å². The highest BCUT2D eigenvalue weighted by atomic mass is 16.2. The zero-order valence-corrected chi connectivity index (χ0v) is 21.4. The van der Waals surface area contributed by atoms with E-state index in [1.54, 1.807) is 56.3 Å². The van der Waals surface area contributed by atoms with Gasteiger partial charge in [0.25, 0.3) is 11.5 Å². The van der Waals surface area contributed by atoms with Crippen molar-refractivity contribution in [2.45, 2.75) is 19.9 Å². The lowest BCUT2D eigenvalue weighted by Crippen LogP contribution is -2.34. The zero-order chi connectivity index (χ0) is 27.9. The topological polar surface area (TPSA) is 149 Å². The summed E-state index contributed by atoms with van der Waals surface area (Å²) in [5.74, 6) is 5.96. The molecule has 0 fully saturated rings. The SMILES string of the molecule is C=C/C=N\n1c(C)nc(N)c1C(=O)NC(C)c1nc2cccc(C#CCNC=O)c2c(=O)n1-c1ccccc1. The molecular weight excluding hydrogens is 496 g/mol. The Hall–Kier alpha value is -5.50. The average Bonchev–Trinajstić information content (AvgIpc) is 3.22. The van der Waals surface area contributed by atoms with Gasteiger partial charge in [-0.2, -0.15) is 5.10 Å². The van der Waals surface area contributed by atoms with Crippen molar-refractivity contribution < 1.29 is 9.59 Å². The van der Waals surface area contributed by atoms with Crippen LogP contribution in [-0.4, -0.2) is 44.3 Å². The molecule has 4 N–H and O–H groups in total. The first kappa shape index (κ1) is 26.6. The van der Waals surface area contributed by atoms with Gasteiger partial charge < -0.3 is 16.4 Å². The van der Waals surface area contributed by atoms with Gasteiger partial charge in [0.2, 0.25) is 6.41 Å². The van der Waals surface area contributed by atoms with Gasteiger partial charge in [0, 0.05) is 11.8 Å². The molecule has 11 heteroatoms. The molecular formula is C28H26N8O3. The Balaban J connectivity index is 1.84. The number of amides is 2. The third-order valence-electron chi connectivity index (χ3n) is 5.72. The Morgan fingerprint density at radius 3 is 2.69 bits per heavy atom. The number of nitrogens with one attached hydrogen (secondary N) is 2. The predicted molar refractivity (Wildman–Crippen MR) is 150 cm³/mol. The first-order chi connectivity index (χ1) is 18.9. The van der Waals surface area contributed by atoms with E-state index in [2.05, 4.69) is 39.1 Å². The van der Waals surface area contributed by atoms with Crippen molar-refractivity contribution in [1.82, 2.24) is 29.8 Å². The molecule has 2 aromatic carbocycles. The molecule has 2 amide bonds. The van der Waals surface area contributed by atoms with Crippen molar-refractivity contribution in [3.8, 4) is 17.5 Å². The van der Waals surface area contributed by atoms with Crippen molar-refractivity contribution in [3.63, 3.8) is 0 Å². The Morgan fingerprint density at radius 1 is 1.21 bits per heavy atom. The van der Waals surface area contributed by atoms with Crippen LogP contribution in [-0.2, 0) is 4.79 Å². The Kier molecular flexibility index (Phi) is 7.97. The number of hydrogen-bond donors (Lipinski definition) is 3. The van der Waals surface area contributed by atoms with E-state index in [1.807, 2.05) is 6.07 Å². The van der Waals surface area contributed by atoms with Crippen LogP contribution >= 0.6 is 0 Å². The fourth-order valence-corrected chi connectivity index (χ4v) is 4.04. The summed E-state index contributed by atoms with van der Waals surface area (Å²) in [5, 5.41) is 9.84. The highest BCUT2D eigenvalue weighted by molar-refractivity contribution is 5.97. The lowest BCUT2D eigenvalue weighted by Gasteiger charge is -2.20. The predicted octanol–water partition coefficient (Wildman–Crippen LogP) is 2.08. The van der Waals surface area contributed by atoms with Crippen LogP contribution in [0.15, 0.2) is 71.1 Å². The van der Waals surface area contributed by atoms with Crippen LogP contribution in [0.5, 0.6) is 0 Å². The number of allylic oxidation sites excluding steroid dienone is 1. The molecule has 0 radical (unpaired) electrons. The molecule has 0 saturated carbocycles. The van der Waals surface area contributed by atoms with Crippen LogP contribution in [0.4, 0.5) is 5.82 Å². The number of hydrogen-bond acceptors (Lipinski definition) is 7. The highest BCUT2D eigenvalue weighted by Crippen LogP contribution is 2.21. The van der Waals surface area contributed by atoms with Gasteiger partial charge in [0.1, 0.15) is 11.6 Å². The number of benzene rings is 2. The standard InChI is InChI=1S/C28H26N8O3/c1-4-15-31-36-19(3)33-25(29)24(36)27(38)32-18(2)26-34-22-14-8-10-20(11-9-16-30-17-37)23(22)28(39)35(26)21-12-6-5-7-13-21/h4-8,10,12-15,17-18H,1,16,29H2,2-3H3,(H,30,37)(H,32,38)/b31-15-. The van der Waals surface area contributed by atoms with Crippen LogP contribution < -0.4 is 21.9 Å². The van der Waals surface area contributed by atoms with Gasteiger partial charge in [0.05, 0.1) is 29.2 Å². The average molecular weight is 523 g/mol. The van der Waals surface area contributed by atoms with Crippen molar-refractivity contribution in [1.29, 1.82) is 0 Å². The van der Waals surface area contributed by atoms with E-state index >= 15 is 0 Å². The molecule has 39 heavy (non-hydrogen) atoms. The lowest BCUT2D eigenvalue weighted by atomic mass is 10.1. The molecule has 196 valence electrons. The second-order valence-electron chi connectivity index (χ2n) is 8.35. The largest absolute Gasteiger partial charge is 0.382 e. The number of para-hydroxylation sites is 1. The molecule has 0 aliphatic carbocycles. The number of carbonyl (C=O) groups excluding carboxylic acids is 2. The van der Waals surface area contributed by atoms with Gasteiger partial charge in [-0.15, -0.1) is 0 Å². The number of fused-ring (bicyclic) bond motifs is 1. The van der Waals surface area contributed by atoms with E-state index < -0.39 is 11.9 Å². The van der Waals surface area contributed by atoms with Gasteiger partial charge >= 0.3 is 0 Å². The number of aryl methyl sites for hydroxylation is 1. The smallest absolute Gasteiger partial charge is 0.274 e. The summed E-state index contributed by atoms with van der Waals surface area (Å²) in [6, 6.07) is 13.4. The van der Waals surface area contributed by atoms with Gasteiger partial charge in [-0.3, -0.25) is 19.0 Å². The number of nitrogens with two attached hydrogens (primary N) is 1. The molecule has 0 saturated heterocycles. The molecule has 11 nitrogen and oxygen atoms in total. The number of anilines is 1. The second-order valence-corrected chi connectivity index (χ2v) is 8.35. The maximum atomic E-state index is 14.0. The van der Waals surface area contributed by atoms with Crippen LogP contribution in [0, 0.1) is 18.8 Å². The van der Waals surface area contributed by atoms with Crippen molar-refractivity contribution in [3.05, 3.63) is 94.4 Å². The number of nitrogens with zero attached hydrogens (tertiary/aromatic N) is 5. The van der Waals surface area contributed by atoms with Crippen LogP contribution in [0.1, 0.15) is 40.7 Å². The minimum absolute atomic E-state index is 0.0117. The molecule has 4 aromatic rings. The number of imidazole rings is 1. The molecule has 0 aliphatic rings. The fourth-order valence-electron chi connectivity index (χ4n) is 4.04. The highest BCUT2D eigenvalue weighted by Gasteiger charge is 2.25. The monoisotopic (exact) mass is 522 g/mol. The Labute approximate surface area is 224 Å². The Bertz CT molecular complexity index is 1710. The molecule has 0 aliphatic heterocycles. The second kappa shape index (κ2) is 11.7. The minimum atomic E-state index is -0.729. The summed E-state index contributed by atoms with van der Waals surface area (Å²) in [6.07, 6.45) is 3.44. The van der Waals surface area contributed by atoms with Crippen LogP contribution in [0.3, 0.4) is 0 Å². The van der Waals surface area contributed by atoms with Crippen molar-refractivity contribution >= 4 is 35.3 Å². The normalized spacial score (nSPS) is 11.5. The zero-order valence-electron chi connectivity index (χ0n) is 21.4. The van der Waals surface area contributed by atoms with E-state index in [4.69, 9.17) is 10.7 Å². The summed E-state index contributed by atoms with van der Waals surface area (Å²) in [5.41, 5.74) is 7.16. The maximum Gasteiger partial charge on any atom is 0.274 e. The summed E-state index contributed by atoms with van der Waals surface area (Å²) in [4.78, 5) is 46.8. The number of rotatable bonds is 8. The number of aromatic nitrogens is 4. The van der Waals surface area contributed by atoms with E-state index in [1.165, 1.54) is 21.5 Å². The molecule has 2 heterocycles. The first-order valence-electron chi connectivity index (χ1n) is 12.0. The number of nitrogen functional groups attached to an aromatic ring is 1. The summed E-state index contributed by atoms with van der Waals surface area (Å²) in [6.45, 7) is 7.12. The minimum Gasteiger partial charge on any atom is -0.382 e. The van der Waals surface area contributed by atoms with Crippen molar-refractivity contribution in [2.75, 3.05) is 12.3 Å². The summed E-state index contributed by atoms with van der Waals surface area (Å²) >= 11 is 0. The third kappa shape index (κ3) is 5.45. The molecule has 4 rings (SSSR count). The van der Waals surface area contributed by atoms with Crippen molar-refractivity contribution in [2.24, 2.45) is 5.10 Å². The molecule has 1 unspecified atom stereocenters. The van der Waals surface area contributed by atoms with Gasteiger partial charge in [-0.05, 0) is 44.2 Å². The fraction of sp³-hybridized carbons (Fsp3) is 0.143. The van der Waals surface area contributed by atoms with E-state index in [-0.39, 0.29) is 23.6 Å². The summed E-state index contributed by atoms with van der Waals surface area (Å²) in [7, 11) is 0. The Morgan fingerprint density at radius 2 is 1.97 bits per heavy atom. The first-order valence-corrected chi connectivity index (χ1v) is 12.0. The lowest BCUT2D eigenvalue weighted by molar-refractivity contribution is -0.109.